The fraction of sp³-hybridized carbons (Fsp3) is 0.533. The average molecular weight is 340 g/mol. The highest BCUT2D eigenvalue weighted by molar-refractivity contribution is 9.09. The van der Waals surface area contributed by atoms with Gasteiger partial charge in [-0.1, -0.05) is 46.3 Å². The van der Waals surface area contributed by atoms with Crippen LogP contribution in [-0.2, 0) is 20.8 Å². The fourth-order valence-electron chi connectivity index (χ4n) is 2.79. The molecule has 0 spiro atoms. The van der Waals surface area contributed by atoms with Crippen LogP contribution in [-0.4, -0.2) is 30.2 Å². The van der Waals surface area contributed by atoms with Crippen molar-refractivity contribution in [2.24, 2.45) is 5.41 Å². The van der Waals surface area contributed by atoms with Gasteiger partial charge in [0, 0.05) is 6.54 Å². The van der Waals surface area contributed by atoms with Gasteiger partial charge < -0.3 is 14.8 Å². The summed E-state index contributed by atoms with van der Waals surface area (Å²) in [5.74, 6) is -0.754. The van der Waals surface area contributed by atoms with Crippen LogP contribution < -0.4 is 5.32 Å². The van der Waals surface area contributed by atoms with Crippen LogP contribution in [0.5, 0.6) is 0 Å². The lowest BCUT2D eigenvalue weighted by molar-refractivity contribution is -0.192. The maximum absolute atomic E-state index is 12.6. The van der Waals surface area contributed by atoms with Gasteiger partial charge in [0.05, 0.1) is 18.5 Å². The van der Waals surface area contributed by atoms with E-state index in [1.807, 2.05) is 30.3 Å². The molecule has 0 atom stereocenters. The Morgan fingerprint density at radius 1 is 1.20 bits per heavy atom. The first-order valence-corrected chi connectivity index (χ1v) is 8.01. The minimum absolute atomic E-state index is 0.0303. The summed E-state index contributed by atoms with van der Waals surface area (Å²) in [5.41, 5.74) is 0.569. The maximum Gasteiger partial charge on any atom is 0.231 e. The highest BCUT2D eigenvalue weighted by Gasteiger charge is 2.67. The molecule has 3 rings (SSSR count). The molecule has 1 saturated carbocycles. The molecule has 1 aliphatic carbocycles. The lowest BCUT2D eigenvalue weighted by atomic mass is 9.95. The van der Waals surface area contributed by atoms with Gasteiger partial charge in [-0.2, -0.15) is 0 Å². The van der Waals surface area contributed by atoms with E-state index >= 15 is 0 Å². The smallest absolute Gasteiger partial charge is 0.231 e. The number of rotatable bonds is 5. The van der Waals surface area contributed by atoms with Crippen molar-refractivity contribution in [3.8, 4) is 0 Å². The van der Waals surface area contributed by atoms with E-state index in [1.165, 1.54) is 0 Å². The minimum Gasteiger partial charge on any atom is -0.351 e. The average Bonchev–Trinajstić information content (AvgIpc) is 3.18. The third-order valence-electron chi connectivity index (χ3n) is 4.14. The zero-order valence-electron chi connectivity index (χ0n) is 11.2. The van der Waals surface area contributed by atoms with Gasteiger partial charge in [-0.15, -0.1) is 0 Å². The summed E-state index contributed by atoms with van der Waals surface area (Å²) in [4.78, 5) is 12.6. The van der Waals surface area contributed by atoms with Gasteiger partial charge >= 0.3 is 0 Å². The van der Waals surface area contributed by atoms with E-state index in [4.69, 9.17) is 9.47 Å². The molecule has 0 bridgehead atoms. The summed E-state index contributed by atoms with van der Waals surface area (Å²) >= 11 is 3.44. The summed E-state index contributed by atoms with van der Waals surface area (Å²) < 4.78 is 11.5. The van der Waals surface area contributed by atoms with E-state index in [2.05, 4.69) is 21.2 Å². The Morgan fingerprint density at radius 2 is 1.85 bits per heavy atom. The van der Waals surface area contributed by atoms with Crippen molar-refractivity contribution in [1.82, 2.24) is 5.32 Å². The van der Waals surface area contributed by atoms with Gasteiger partial charge in [-0.25, -0.2) is 0 Å². The van der Waals surface area contributed by atoms with Crippen LogP contribution in [0.25, 0.3) is 0 Å². The molecular weight excluding hydrogens is 322 g/mol. The van der Waals surface area contributed by atoms with Crippen LogP contribution in [0, 0.1) is 5.41 Å². The summed E-state index contributed by atoms with van der Waals surface area (Å²) in [6, 6.07) is 9.91. The summed E-state index contributed by atoms with van der Waals surface area (Å²) in [7, 11) is 0. The molecule has 1 aromatic carbocycles. The molecule has 0 aromatic heterocycles. The number of benzene rings is 1. The second kappa shape index (κ2) is 5.47. The van der Waals surface area contributed by atoms with E-state index in [-0.39, 0.29) is 5.91 Å². The molecule has 108 valence electrons. The predicted octanol–water partition coefficient (Wildman–Crippen LogP) is 2.22. The Balaban J connectivity index is 1.67. The molecule has 1 aliphatic heterocycles. The number of halogens is 1. The summed E-state index contributed by atoms with van der Waals surface area (Å²) in [5, 5.41) is 3.54. The highest BCUT2D eigenvalue weighted by Crippen LogP contribution is 2.58. The van der Waals surface area contributed by atoms with Gasteiger partial charge in [-0.05, 0) is 18.4 Å². The lowest BCUT2D eigenvalue weighted by Gasteiger charge is -2.33. The highest BCUT2D eigenvalue weighted by atomic mass is 79.9. The zero-order valence-corrected chi connectivity index (χ0v) is 12.8. The van der Waals surface area contributed by atoms with Gasteiger partial charge in [0.2, 0.25) is 5.91 Å². The first-order chi connectivity index (χ1) is 9.72. The molecular formula is C15H18BrNO3. The van der Waals surface area contributed by atoms with Crippen molar-refractivity contribution in [1.29, 1.82) is 0 Å². The molecule has 1 saturated heterocycles. The van der Waals surface area contributed by atoms with Crippen molar-refractivity contribution in [3.63, 3.8) is 0 Å². The van der Waals surface area contributed by atoms with Gasteiger partial charge in [0.1, 0.15) is 5.41 Å². The SMILES string of the molecule is O=C(NCc1ccccc1)C1(C2(CBr)OCCO2)CC1. The Kier molecular flexibility index (Phi) is 3.84. The Labute approximate surface area is 127 Å². The molecule has 2 aliphatic rings. The molecule has 4 nitrogen and oxygen atoms in total. The Morgan fingerprint density at radius 3 is 2.40 bits per heavy atom. The largest absolute Gasteiger partial charge is 0.351 e. The first kappa shape index (κ1) is 14.0. The Hall–Kier alpha value is -0.910. The van der Waals surface area contributed by atoms with Gasteiger partial charge in [-0.3, -0.25) is 4.79 Å². The standard InChI is InChI=1S/C15H18BrNO3/c16-11-15(19-8-9-20-15)14(6-7-14)13(18)17-10-12-4-2-1-3-5-12/h1-5H,6-11H2,(H,17,18). The van der Waals surface area contributed by atoms with Crippen LogP contribution in [0.3, 0.4) is 0 Å². The number of alkyl halides is 1. The molecule has 5 heteroatoms. The van der Waals surface area contributed by atoms with Crippen molar-refractivity contribution < 1.29 is 14.3 Å². The minimum atomic E-state index is -0.784. The van der Waals surface area contributed by atoms with Crippen molar-refractivity contribution in [3.05, 3.63) is 35.9 Å². The second-order valence-corrected chi connectivity index (χ2v) is 5.89. The van der Waals surface area contributed by atoms with E-state index in [0.717, 1.165) is 18.4 Å². The van der Waals surface area contributed by atoms with Crippen LogP contribution in [0.1, 0.15) is 18.4 Å². The summed E-state index contributed by atoms with van der Waals surface area (Å²) in [6.45, 7) is 1.65. The fourth-order valence-corrected chi connectivity index (χ4v) is 3.65. The van der Waals surface area contributed by atoms with Crippen LogP contribution >= 0.6 is 15.9 Å². The number of amides is 1. The number of carbonyl (C=O) groups is 1. The van der Waals surface area contributed by atoms with Crippen molar-refractivity contribution in [2.75, 3.05) is 18.5 Å². The monoisotopic (exact) mass is 339 g/mol. The number of ether oxygens (including phenoxy) is 2. The van der Waals surface area contributed by atoms with Crippen LogP contribution in [0.4, 0.5) is 0 Å². The first-order valence-electron chi connectivity index (χ1n) is 6.89. The Bertz CT molecular complexity index is 481. The van der Waals surface area contributed by atoms with E-state index in [1.54, 1.807) is 0 Å². The zero-order chi connectivity index (χ0) is 14.1. The molecule has 1 amide bonds. The molecule has 1 N–H and O–H groups in total. The van der Waals surface area contributed by atoms with Crippen molar-refractivity contribution >= 4 is 21.8 Å². The third-order valence-corrected chi connectivity index (χ3v) is 4.88. The van der Waals surface area contributed by atoms with E-state index in [0.29, 0.717) is 25.1 Å². The van der Waals surface area contributed by atoms with Gasteiger partial charge in [0.15, 0.2) is 5.79 Å². The topological polar surface area (TPSA) is 47.6 Å². The van der Waals surface area contributed by atoms with Crippen LogP contribution in [0.15, 0.2) is 30.3 Å². The number of carbonyl (C=O) groups excluding carboxylic acids is 1. The molecule has 0 unspecified atom stereocenters. The normalized spacial score (nSPS) is 22.4. The van der Waals surface area contributed by atoms with E-state index < -0.39 is 11.2 Å². The number of hydrogen-bond acceptors (Lipinski definition) is 3. The third kappa shape index (κ3) is 2.28. The maximum atomic E-state index is 12.6. The molecule has 20 heavy (non-hydrogen) atoms. The quantitative estimate of drug-likeness (QED) is 0.837. The molecule has 1 heterocycles. The number of hydrogen-bond donors (Lipinski definition) is 1. The number of nitrogens with one attached hydrogen (secondary N) is 1. The van der Waals surface area contributed by atoms with Crippen LogP contribution in [0.2, 0.25) is 0 Å². The summed E-state index contributed by atoms with van der Waals surface area (Å²) in [6.07, 6.45) is 1.64. The van der Waals surface area contributed by atoms with Crippen molar-refractivity contribution in [2.45, 2.75) is 25.2 Å². The van der Waals surface area contributed by atoms with E-state index in [9.17, 15) is 4.79 Å². The lowest BCUT2D eigenvalue weighted by Crippen LogP contribution is -2.51. The van der Waals surface area contributed by atoms with Gasteiger partial charge in [0.25, 0.3) is 0 Å². The predicted molar refractivity (Wildman–Crippen MR) is 78.4 cm³/mol. The molecule has 0 radical (unpaired) electrons. The molecule has 2 fully saturated rings. The second-order valence-electron chi connectivity index (χ2n) is 5.33. The molecule has 1 aromatic rings.